The second kappa shape index (κ2) is 6.05. The smallest absolute Gasteiger partial charge is 0.417 e. The van der Waals surface area contributed by atoms with E-state index < -0.39 is 23.4 Å². The number of rotatable bonds is 2. The number of ether oxygens (including phenoxy) is 1. The van der Waals surface area contributed by atoms with E-state index in [0.717, 1.165) is 18.2 Å². The first-order valence-corrected chi connectivity index (χ1v) is 7.36. The van der Waals surface area contributed by atoms with Gasteiger partial charge in [-0.2, -0.15) is 13.2 Å². The van der Waals surface area contributed by atoms with E-state index in [1.807, 2.05) is 0 Å². The minimum atomic E-state index is -4.78. The molecule has 24 heavy (non-hydrogen) atoms. The fourth-order valence-electron chi connectivity index (χ4n) is 2.87. The van der Waals surface area contributed by atoms with Crippen LogP contribution >= 0.6 is 0 Å². The molecule has 0 amide bonds. The van der Waals surface area contributed by atoms with Crippen molar-refractivity contribution in [2.75, 3.05) is 6.54 Å². The van der Waals surface area contributed by atoms with Gasteiger partial charge >= 0.3 is 6.18 Å². The summed E-state index contributed by atoms with van der Waals surface area (Å²) < 4.78 is 72.7. The van der Waals surface area contributed by atoms with Crippen LogP contribution in [0.15, 0.2) is 30.3 Å². The van der Waals surface area contributed by atoms with Crippen molar-refractivity contribution < 1.29 is 26.7 Å². The Kier molecular flexibility index (Phi) is 4.21. The highest BCUT2D eigenvalue weighted by atomic mass is 19.4. The van der Waals surface area contributed by atoms with Crippen molar-refractivity contribution in [1.29, 1.82) is 0 Å². The first-order chi connectivity index (χ1) is 11.3. The Hall–Kier alpha value is -2.15. The van der Waals surface area contributed by atoms with Crippen molar-refractivity contribution in [3.63, 3.8) is 0 Å². The van der Waals surface area contributed by atoms with E-state index in [1.165, 1.54) is 6.07 Å². The zero-order chi connectivity index (χ0) is 17.5. The Labute approximate surface area is 135 Å². The van der Waals surface area contributed by atoms with E-state index >= 15 is 0 Å². The highest BCUT2D eigenvalue weighted by Gasteiger charge is 2.35. The molecule has 0 fully saturated rings. The highest BCUT2D eigenvalue weighted by molar-refractivity contribution is 5.76. The molecule has 1 atom stereocenters. The molecule has 3 rings (SSSR count). The number of aryl methyl sites for hydroxylation is 1. The fourth-order valence-corrected chi connectivity index (χ4v) is 2.87. The molecule has 0 spiro atoms. The van der Waals surface area contributed by atoms with Gasteiger partial charge in [-0.1, -0.05) is 6.07 Å². The van der Waals surface area contributed by atoms with E-state index in [0.29, 0.717) is 24.5 Å². The van der Waals surface area contributed by atoms with Gasteiger partial charge < -0.3 is 10.5 Å². The van der Waals surface area contributed by atoms with Crippen LogP contribution in [0.1, 0.15) is 17.5 Å². The predicted octanol–water partition coefficient (Wildman–Crippen LogP) is 4.30. The molecular formula is C17H14F5NO. The van der Waals surface area contributed by atoms with Crippen LogP contribution in [0.4, 0.5) is 22.0 Å². The minimum absolute atomic E-state index is 0.0459. The van der Waals surface area contributed by atoms with Gasteiger partial charge in [-0.15, -0.1) is 0 Å². The summed E-state index contributed by atoms with van der Waals surface area (Å²) in [6.45, 7) is 0.200. The average molecular weight is 343 g/mol. The summed E-state index contributed by atoms with van der Waals surface area (Å²) in [5.74, 6) is -1.51. The van der Waals surface area contributed by atoms with Gasteiger partial charge in [0.25, 0.3) is 0 Å². The molecule has 0 saturated carbocycles. The van der Waals surface area contributed by atoms with Gasteiger partial charge in [0.15, 0.2) is 0 Å². The van der Waals surface area contributed by atoms with Crippen LogP contribution in [-0.2, 0) is 12.6 Å². The van der Waals surface area contributed by atoms with Crippen molar-refractivity contribution >= 4 is 0 Å². The maximum atomic E-state index is 13.9. The van der Waals surface area contributed by atoms with Gasteiger partial charge in [0, 0.05) is 12.1 Å². The lowest BCUT2D eigenvalue weighted by atomic mass is 9.92. The molecule has 0 aromatic heterocycles. The topological polar surface area (TPSA) is 35.2 Å². The summed E-state index contributed by atoms with van der Waals surface area (Å²) in [5, 5.41) is 0. The first-order valence-electron chi connectivity index (χ1n) is 7.36. The molecule has 0 saturated heterocycles. The van der Waals surface area contributed by atoms with E-state index in [4.69, 9.17) is 10.5 Å². The summed E-state index contributed by atoms with van der Waals surface area (Å²) >= 11 is 0. The number of hydrogen-bond acceptors (Lipinski definition) is 2. The number of hydrogen-bond donors (Lipinski definition) is 1. The van der Waals surface area contributed by atoms with Crippen LogP contribution in [0.2, 0.25) is 0 Å². The molecule has 7 heteroatoms. The van der Waals surface area contributed by atoms with Crippen LogP contribution in [0, 0.1) is 11.6 Å². The largest absolute Gasteiger partial charge is 0.488 e. The molecule has 2 aromatic rings. The average Bonchev–Trinajstić information content (AvgIpc) is 2.53. The lowest BCUT2D eigenvalue weighted by molar-refractivity contribution is -0.137. The zero-order valence-corrected chi connectivity index (χ0v) is 12.5. The molecule has 1 aliphatic rings. The minimum Gasteiger partial charge on any atom is -0.488 e. The van der Waals surface area contributed by atoms with E-state index in [2.05, 4.69) is 0 Å². The highest BCUT2D eigenvalue weighted by Crippen LogP contribution is 2.44. The molecule has 0 aliphatic carbocycles. The van der Waals surface area contributed by atoms with E-state index in [1.54, 1.807) is 0 Å². The monoisotopic (exact) mass is 343 g/mol. The summed E-state index contributed by atoms with van der Waals surface area (Å²) in [6, 6.07) is 4.51. The number of nitrogens with two attached hydrogens (primary N) is 1. The van der Waals surface area contributed by atoms with Crippen molar-refractivity contribution in [2.24, 2.45) is 5.73 Å². The van der Waals surface area contributed by atoms with Crippen LogP contribution < -0.4 is 10.5 Å². The maximum absolute atomic E-state index is 13.9. The molecular weight excluding hydrogens is 329 g/mol. The first kappa shape index (κ1) is 16.7. The Morgan fingerprint density at radius 3 is 2.46 bits per heavy atom. The molecule has 0 bridgehead atoms. The quantitative estimate of drug-likeness (QED) is 0.825. The van der Waals surface area contributed by atoms with Crippen LogP contribution in [-0.4, -0.2) is 12.6 Å². The van der Waals surface area contributed by atoms with Crippen LogP contribution in [0.5, 0.6) is 5.75 Å². The van der Waals surface area contributed by atoms with Gasteiger partial charge in [-0.25, -0.2) is 8.78 Å². The number of fused-ring (bicyclic) bond motifs is 1. The number of benzene rings is 2. The van der Waals surface area contributed by atoms with E-state index in [9.17, 15) is 22.0 Å². The van der Waals surface area contributed by atoms with Crippen LogP contribution in [0.3, 0.4) is 0 Å². The Morgan fingerprint density at radius 2 is 1.79 bits per heavy atom. The summed E-state index contributed by atoms with van der Waals surface area (Å²) in [6.07, 6.45) is -4.12. The second-order valence-corrected chi connectivity index (χ2v) is 5.64. The van der Waals surface area contributed by atoms with Crippen molar-refractivity contribution in [3.05, 3.63) is 53.1 Å². The molecule has 0 unspecified atom stereocenters. The number of halogens is 5. The third kappa shape index (κ3) is 3.08. The predicted molar refractivity (Wildman–Crippen MR) is 78.6 cm³/mol. The van der Waals surface area contributed by atoms with Gasteiger partial charge in [0.05, 0.1) is 5.56 Å². The van der Waals surface area contributed by atoms with Crippen molar-refractivity contribution in [1.82, 2.24) is 0 Å². The fraction of sp³-hybridized carbons (Fsp3) is 0.294. The standard InChI is InChI=1S/C17H14F5NO/c18-10-2-4-13(15(7-10)17(20,21)22)14-6-11(19)5-9-1-3-12(8-23)24-16(9)14/h2,4-7,12H,1,3,8,23H2/t12-/m1/s1. The summed E-state index contributed by atoms with van der Waals surface area (Å²) in [4.78, 5) is 0. The van der Waals surface area contributed by atoms with E-state index in [-0.39, 0.29) is 29.5 Å². The molecule has 2 aromatic carbocycles. The third-order valence-electron chi connectivity index (χ3n) is 3.99. The Morgan fingerprint density at radius 1 is 1.04 bits per heavy atom. The molecule has 1 aliphatic heterocycles. The lowest BCUT2D eigenvalue weighted by Crippen LogP contribution is -2.30. The molecule has 128 valence electrons. The zero-order valence-electron chi connectivity index (χ0n) is 12.5. The molecule has 1 heterocycles. The van der Waals surface area contributed by atoms with Crippen molar-refractivity contribution in [3.8, 4) is 16.9 Å². The molecule has 2 nitrogen and oxygen atoms in total. The molecule has 2 N–H and O–H groups in total. The summed E-state index contributed by atoms with van der Waals surface area (Å²) in [7, 11) is 0. The third-order valence-corrected chi connectivity index (χ3v) is 3.99. The second-order valence-electron chi connectivity index (χ2n) is 5.64. The van der Waals surface area contributed by atoms with Crippen molar-refractivity contribution in [2.45, 2.75) is 25.1 Å². The Bertz CT molecular complexity index is 772. The van der Waals surface area contributed by atoms with Gasteiger partial charge in [0.2, 0.25) is 0 Å². The number of alkyl halides is 3. The van der Waals surface area contributed by atoms with Gasteiger partial charge in [-0.05, 0) is 48.2 Å². The SMILES string of the molecule is NC[C@H]1CCc2cc(F)cc(-c3ccc(F)cc3C(F)(F)F)c2O1. The normalized spacial score (nSPS) is 17.3. The lowest BCUT2D eigenvalue weighted by Gasteiger charge is -2.28. The maximum Gasteiger partial charge on any atom is 0.417 e. The van der Waals surface area contributed by atoms with Gasteiger partial charge in [0.1, 0.15) is 23.5 Å². The summed E-state index contributed by atoms with van der Waals surface area (Å²) in [5.41, 5.74) is 4.51. The van der Waals surface area contributed by atoms with Crippen LogP contribution in [0.25, 0.3) is 11.1 Å². The molecule has 0 radical (unpaired) electrons. The Balaban J connectivity index is 2.23. The van der Waals surface area contributed by atoms with Gasteiger partial charge in [-0.3, -0.25) is 0 Å².